The van der Waals surface area contributed by atoms with Crippen LogP contribution in [0.15, 0.2) is 36.4 Å². The second kappa shape index (κ2) is 8.33. The zero-order valence-electron chi connectivity index (χ0n) is 15.3. The standard InChI is InChI=1S/C19H23N3O4/c1-12(2)20-19(25)21-17(23)11-26-18(24)15-7-9-16(10-8-15)22-13(3)5-6-14(22)4/h5-10,12H,11H2,1-4H3,(H2,20,21,23,25). The molecule has 0 spiro atoms. The second-order valence-electron chi connectivity index (χ2n) is 6.25. The van der Waals surface area contributed by atoms with E-state index in [0.29, 0.717) is 5.56 Å². The minimum atomic E-state index is -0.688. The molecule has 0 aliphatic carbocycles. The van der Waals surface area contributed by atoms with Crippen LogP contribution in [0.1, 0.15) is 35.6 Å². The van der Waals surface area contributed by atoms with Crippen LogP contribution >= 0.6 is 0 Å². The smallest absolute Gasteiger partial charge is 0.338 e. The number of hydrogen-bond donors (Lipinski definition) is 2. The van der Waals surface area contributed by atoms with Gasteiger partial charge in [0.05, 0.1) is 5.56 Å². The number of carbonyl (C=O) groups excluding carboxylic acids is 3. The fourth-order valence-corrected chi connectivity index (χ4v) is 2.50. The molecular weight excluding hydrogens is 334 g/mol. The number of imide groups is 1. The number of benzene rings is 1. The van der Waals surface area contributed by atoms with Crippen LogP contribution in [0.2, 0.25) is 0 Å². The summed E-state index contributed by atoms with van der Waals surface area (Å²) in [6.45, 7) is 7.02. The van der Waals surface area contributed by atoms with Gasteiger partial charge in [-0.1, -0.05) is 0 Å². The van der Waals surface area contributed by atoms with Crippen molar-refractivity contribution in [1.29, 1.82) is 0 Å². The Morgan fingerprint density at radius 2 is 1.58 bits per heavy atom. The molecule has 1 aromatic carbocycles. The number of carbonyl (C=O) groups is 3. The molecular formula is C19H23N3O4. The minimum absolute atomic E-state index is 0.101. The average Bonchev–Trinajstić information content (AvgIpc) is 2.90. The molecule has 2 rings (SSSR count). The molecule has 2 aromatic rings. The number of esters is 1. The van der Waals surface area contributed by atoms with Crippen LogP contribution in [0.3, 0.4) is 0 Å². The van der Waals surface area contributed by atoms with Gasteiger partial charge in [0.25, 0.3) is 5.91 Å². The van der Waals surface area contributed by atoms with Gasteiger partial charge >= 0.3 is 12.0 Å². The van der Waals surface area contributed by atoms with E-state index in [1.54, 1.807) is 26.0 Å². The summed E-state index contributed by atoms with van der Waals surface area (Å²) in [5, 5.41) is 4.60. The summed E-state index contributed by atoms with van der Waals surface area (Å²) >= 11 is 0. The molecule has 0 unspecified atom stereocenters. The Bertz CT molecular complexity index is 787. The average molecular weight is 357 g/mol. The lowest BCUT2D eigenvalue weighted by molar-refractivity contribution is -0.123. The van der Waals surface area contributed by atoms with Crippen LogP contribution in [0.5, 0.6) is 0 Å². The molecule has 0 bridgehead atoms. The highest BCUT2D eigenvalue weighted by Gasteiger charge is 2.13. The topological polar surface area (TPSA) is 89.4 Å². The van der Waals surface area contributed by atoms with Gasteiger partial charge in [-0.15, -0.1) is 0 Å². The number of nitrogens with one attached hydrogen (secondary N) is 2. The summed E-state index contributed by atoms with van der Waals surface area (Å²) < 4.78 is 7.00. The van der Waals surface area contributed by atoms with Gasteiger partial charge in [-0.2, -0.15) is 0 Å². The first-order valence-electron chi connectivity index (χ1n) is 8.30. The van der Waals surface area contributed by atoms with E-state index in [2.05, 4.69) is 15.2 Å². The third-order valence-electron chi connectivity index (χ3n) is 3.64. The summed E-state index contributed by atoms with van der Waals surface area (Å²) in [5.41, 5.74) is 3.45. The zero-order chi connectivity index (χ0) is 19.3. The molecule has 7 heteroatoms. The molecule has 0 aliphatic heterocycles. The highest BCUT2D eigenvalue weighted by Crippen LogP contribution is 2.17. The van der Waals surface area contributed by atoms with Crippen LogP contribution in [-0.4, -0.2) is 35.1 Å². The number of urea groups is 1. The van der Waals surface area contributed by atoms with E-state index < -0.39 is 24.5 Å². The van der Waals surface area contributed by atoms with Gasteiger partial charge in [-0.05, 0) is 64.1 Å². The molecule has 1 aromatic heterocycles. The van der Waals surface area contributed by atoms with Gasteiger partial charge in [-0.25, -0.2) is 9.59 Å². The molecule has 0 fully saturated rings. The zero-order valence-corrected chi connectivity index (χ0v) is 15.3. The summed E-state index contributed by atoms with van der Waals surface area (Å²) in [7, 11) is 0. The predicted molar refractivity (Wildman–Crippen MR) is 97.3 cm³/mol. The molecule has 0 saturated heterocycles. The Hall–Kier alpha value is -3.09. The predicted octanol–water partition coefficient (Wildman–Crippen LogP) is 2.49. The number of nitrogens with zero attached hydrogens (tertiary/aromatic N) is 1. The molecule has 0 saturated carbocycles. The van der Waals surface area contributed by atoms with E-state index in [-0.39, 0.29) is 6.04 Å². The van der Waals surface area contributed by atoms with E-state index >= 15 is 0 Å². The SMILES string of the molecule is Cc1ccc(C)n1-c1ccc(C(=O)OCC(=O)NC(=O)NC(C)C)cc1. The highest BCUT2D eigenvalue weighted by molar-refractivity contribution is 5.97. The number of amides is 3. The van der Waals surface area contributed by atoms with Gasteiger partial charge in [0.1, 0.15) is 0 Å². The molecule has 2 N–H and O–H groups in total. The maximum Gasteiger partial charge on any atom is 0.338 e. The Morgan fingerprint density at radius 3 is 2.12 bits per heavy atom. The quantitative estimate of drug-likeness (QED) is 0.805. The van der Waals surface area contributed by atoms with Crippen molar-refractivity contribution in [1.82, 2.24) is 15.2 Å². The Labute approximate surface area is 152 Å². The lowest BCUT2D eigenvalue weighted by atomic mass is 10.2. The Morgan fingerprint density at radius 1 is 1.00 bits per heavy atom. The molecule has 7 nitrogen and oxygen atoms in total. The Kier molecular flexibility index (Phi) is 6.16. The van der Waals surface area contributed by atoms with Crippen molar-refractivity contribution in [2.24, 2.45) is 0 Å². The fourth-order valence-electron chi connectivity index (χ4n) is 2.50. The first kappa shape index (κ1) is 19.2. The normalized spacial score (nSPS) is 10.5. The van der Waals surface area contributed by atoms with Gasteiger partial charge in [-0.3, -0.25) is 10.1 Å². The van der Waals surface area contributed by atoms with Crippen molar-refractivity contribution in [3.63, 3.8) is 0 Å². The third-order valence-corrected chi connectivity index (χ3v) is 3.64. The first-order valence-corrected chi connectivity index (χ1v) is 8.30. The van der Waals surface area contributed by atoms with Crippen LogP contribution in [-0.2, 0) is 9.53 Å². The number of aryl methyl sites for hydroxylation is 2. The van der Waals surface area contributed by atoms with Crippen molar-refractivity contribution in [2.45, 2.75) is 33.7 Å². The molecule has 0 atom stereocenters. The largest absolute Gasteiger partial charge is 0.452 e. The van der Waals surface area contributed by atoms with E-state index in [0.717, 1.165) is 17.1 Å². The van der Waals surface area contributed by atoms with E-state index in [1.165, 1.54) is 0 Å². The summed E-state index contributed by atoms with van der Waals surface area (Å²) in [5.74, 6) is -1.32. The van der Waals surface area contributed by atoms with Gasteiger partial charge in [0.2, 0.25) is 0 Å². The van der Waals surface area contributed by atoms with E-state index in [1.807, 2.05) is 38.1 Å². The minimum Gasteiger partial charge on any atom is -0.452 e. The Balaban J connectivity index is 1.92. The summed E-state index contributed by atoms with van der Waals surface area (Å²) in [6, 6.07) is 10.2. The maximum atomic E-state index is 12.0. The van der Waals surface area contributed by atoms with E-state index in [4.69, 9.17) is 4.74 Å². The molecule has 138 valence electrons. The fraction of sp³-hybridized carbons (Fsp3) is 0.316. The first-order chi connectivity index (χ1) is 12.3. The highest BCUT2D eigenvalue weighted by atomic mass is 16.5. The van der Waals surface area contributed by atoms with E-state index in [9.17, 15) is 14.4 Å². The van der Waals surface area contributed by atoms with Crippen LogP contribution in [0.25, 0.3) is 5.69 Å². The van der Waals surface area contributed by atoms with Crippen LogP contribution < -0.4 is 10.6 Å². The van der Waals surface area contributed by atoms with Crippen LogP contribution in [0.4, 0.5) is 4.79 Å². The molecule has 1 heterocycles. The second-order valence-corrected chi connectivity index (χ2v) is 6.25. The molecule has 26 heavy (non-hydrogen) atoms. The summed E-state index contributed by atoms with van der Waals surface area (Å²) in [4.78, 5) is 35.0. The number of hydrogen-bond acceptors (Lipinski definition) is 4. The number of aromatic nitrogens is 1. The molecule has 3 amide bonds. The van der Waals surface area contributed by atoms with Crippen molar-refractivity contribution in [3.05, 3.63) is 53.3 Å². The van der Waals surface area contributed by atoms with Crippen molar-refractivity contribution in [2.75, 3.05) is 6.61 Å². The number of ether oxygens (including phenoxy) is 1. The monoisotopic (exact) mass is 357 g/mol. The lowest BCUT2D eigenvalue weighted by Gasteiger charge is -2.11. The van der Waals surface area contributed by atoms with Crippen molar-refractivity contribution in [3.8, 4) is 5.69 Å². The van der Waals surface area contributed by atoms with Crippen LogP contribution in [0, 0.1) is 13.8 Å². The van der Waals surface area contributed by atoms with Gasteiger partial charge in [0, 0.05) is 23.1 Å². The van der Waals surface area contributed by atoms with Crippen molar-refractivity contribution < 1.29 is 19.1 Å². The van der Waals surface area contributed by atoms with Crippen molar-refractivity contribution >= 4 is 17.9 Å². The van der Waals surface area contributed by atoms with Gasteiger partial charge in [0.15, 0.2) is 6.61 Å². The third kappa shape index (κ3) is 4.95. The lowest BCUT2D eigenvalue weighted by Crippen LogP contribution is -2.44. The molecule has 0 radical (unpaired) electrons. The summed E-state index contributed by atoms with van der Waals surface area (Å²) in [6.07, 6.45) is 0. The number of rotatable bonds is 5. The van der Waals surface area contributed by atoms with Gasteiger partial charge < -0.3 is 14.6 Å². The molecule has 0 aliphatic rings. The maximum absolute atomic E-state index is 12.0.